The quantitative estimate of drug-likeness (QED) is 0.720. The average molecular weight is 449 g/mol. The summed E-state index contributed by atoms with van der Waals surface area (Å²) >= 11 is 0. The topological polar surface area (TPSA) is 66.0 Å². The van der Waals surface area contributed by atoms with Crippen molar-refractivity contribution in [3.8, 4) is 5.75 Å². The minimum Gasteiger partial charge on any atom is -0.497 e. The Morgan fingerprint density at radius 1 is 1.09 bits per heavy atom. The molecule has 7 heteroatoms. The van der Waals surface area contributed by atoms with E-state index < -0.39 is 0 Å². The van der Waals surface area contributed by atoms with E-state index in [0.29, 0.717) is 24.4 Å². The van der Waals surface area contributed by atoms with Gasteiger partial charge in [0, 0.05) is 69.7 Å². The Morgan fingerprint density at radius 3 is 2.58 bits per heavy atom. The van der Waals surface area contributed by atoms with Gasteiger partial charge in [0.2, 0.25) is 5.91 Å². The largest absolute Gasteiger partial charge is 0.497 e. The van der Waals surface area contributed by atoms with Crippen LogP contribution < -0.4 is 4.74 Å². The highest BCUT2D eigenvalue weighted by Crippen LogP contribution is 2.57. The number of benzene rings is 1. The number of pyridine rings is 1. The number of fused-ring (bicyclic) bond motifs is 1. The summed E-state index contributed by atoms with van der Waals surface area (Å²) in [6.45, 7) is 4.65. The van der Waals surface area contributed by atoms with Crippen molar-refractivity contribution >= 4 is 11.8 Å². The van der Waals surface area contributed by atoms with Crippen LogP contribution in [0.4, 0.5) is 0 Å². The van der Waals surface area contributed by atoms with Gasteiger partial charge in [0.25, 0.3) is 5.91 Å². The van der Waals surface area contributed by atoms with E-state index in [2.05, 4.69) is 16.0 Å². The second-order valence-corrected chi connectivity index (χ2v) is 9.87. The number of rotatable bonds is 4. The molecule has 0 aliphatic carbocycles. The lowest BCUT2D eigenvalue weighted by atomic mass is 9.60. The molecule has 3 saturated heterocycles. The van der Waals surface area contributed by atoms with Gasteiger partial charge in [0.1, 0.15) is 5.75 Å². The molecule has 2 aromatic rings. The monoisotopic (exact) mass is 448 g/mol. The number of hydrogen-bond acceptors (Lipinski definition) is 5. The number of aromatic nitrogens is 1. The van der Waals surface area contributed by atoms with Crippen LogP contribution in [-0.2, 0) is 11.3 Å². The summed E-state index contributed by atoms with van der Waals surface area (Å²) in [6, 6.07) is 11.4. The molecule has 7 nitrogen and oxygen atoms in total. The standard InChI is InChI=1S/C26H32N4O3/c1-28-12-10-26(24(28)32)19-29(17-20-5-4-11-27-16-20)18-25(26)8-13-30(14-9-25)23(31)21-6-3-7-22(15-21)33-2/h3-7,11,15-16H,8-10,12-14,17-19H2,1-2H3. The zero-order valence-electron chi connectivity index (χ0n) is 19.5. The lowest BCUT2D eigenvalue weighted by Crippen LogP contribution is -2.53. The fraction of sp³-hybridized carbons (Fsp3) is 0.500. The predicted octanol–water partition coefficient (Wildman–Crippen LogP) is 2.68. The van der Waals surface area contributed by atoms with Crippen molar-refractivity contribution in [3.63, 3.8) is 0 Å². The lowest BCUT2D eigenvalue weighted by Gasteiger charge is -2.47. The molecule has 3 aliphatic heterocycles. The molecule has 0 saturated carbocycles. The van der Waals surface area contributed by atoms with Gasteiger partial charge < -0.3 is 14.5 Å². The molecular formula is C26H32N4O3. The fourth-order valence-corrected chi connectivity index (χ4v) is 6.33. The number of nitrogens with zero attached hydrogens (tertiary/aromatic N) is 4. The number of ether oxygens (including phenoxy) is 1. The first-order chi connectivity index (χ1) is 16.0. The predicted molar refractivity (Wildman–Crippen MR) is 125 cm³/mol. The summed E-state index contributed by atoms with van der Waals surface area (Å²) in [5.41, 5.74) is 1.38. The van der Waals surface area contributed by atoms with Gasteiger partial charge in [-0.3, -0.25) is 19.5 Å². The number of amides is 2. The molecule has 2 spiro atoms. The number of hydrogen-bond donors (Lipinski definition) is 0. The Hall–Kier alpha value is -2.93. The van der Waals surface area contributed by atoms with E-state index in [1.54, 1.807) is 19.4 Å². The van der Waals surface area contributed by atoms with E-state index in [-0.39, 0.29) is 22.6 Å². The highest BCUT2D eigenvalue weighted by Gasteiger charge is 2.64. The van der Waals surface area contributed by atoms with Crippen molar-refractivity contribution in [1.82, 2.24) is 19.7 Å². The third kappa shape index (κ3) is 3.68. The number of likely N-dealkylation sites (tertiary alicyclic amines) is 3. The van der Waals surface area contributed by atoms with Gasteiger partial charge in [-0.05, 0) is 49.1 Å². The fourth-order valence-electron chi connectivity index (χ4n) is 6.33. The van der Waals surface area contributed by atoms with Gasteiger partial charge in [-0.15, -0.1) is 0 Å². The molecule has 0 bridgehead atoms. The number of carbonyl (C=O) groups excluding carboxylic acids is 2. The van der Waals surface area contributed by atoms with Crippen molar-refractivity contribution in [2.24, 2.45) is 10.8 Å². The zero-order chi connectivity index (χ0) is 23.1. The molecule has 1 unspecified atom stereocenters. The summed E-state index contributed by atoms with van der Waals surface area (Å²) in [7, 11) is 3.54. The summed E-state index contributed by atoms with van der Waals surface area (Å²) in [6.07, 6.45) is 6.31. The first kappa shape index (κ1) is 21.9. The lowest BCUT2D eigenvalue weighted by molar-refractivity contribution is -0.141. The van der Waals surface area contributed by atoms with Crippen molar-refractivity contribution in [1.29, 1.82) is 0 Å². The smallest absolute Gasteiger partial charge is 0.253 e. The van der Waals surface area contributed by atoms with E-state index in [1.165, 1.54) is 5.56 Å². The minimum atomic E-state index is -0.352. The van der Waals surface area contributed by atoms with Crippen molar-refractivity contribution in [2.75, 3.05) is 46.9 Å². The van der Waals surface area contributed by atoms with Crippen LogP contribution in [-0.4, -0.2) is 78.4 Å². The molecule has 33 heavy (non-hydrogen) atoms. The number of methoxy groups -OCH3 is 1. The molecule has 1 aromatic carbocycles. The van der Waals surface area contributed by atoms with E-state index in [4.69, 9.17) is 4.74 Å². The SMILES string of the molecule is COc1cccc(C(=O)N2CCC3(CC2)CN(Cc2cccnc2)CC32CCN(C)C2=O)c1. The third-order valence-corrected chi connectivity index (χ3v) is 8.12. The summed E-state index contributed by atoms with van der Waals surface area (Å²) in [5, 5.41) is 0. The molecule has 1 aromatic heterocycles. The van der Waals surface area contributed by atoms with Gasteiger partial charge in [0.15, 0.2) is 0 Å². The maximum absolute atomic E-state index is 13.5. The van der Waals surface area contributed by atoms with Crippen LogP contribution in [0.2, 0.25) is 0 Å². The van der Waals surface area contributed by atoms with Gasteiger partial charge >= 0.3 is 0 Å². The van der Waals surface area contributed by atoms with Crippen LogP contribution in [0.25, 0.3) is 0 Å². The van der Waals surface area contributed by atoms with Gasteiger partial charge in [-0.2, -0.15) is 0 Å². The third-order valence-electron chi connectivity index (χ3n) is 8.12. The van der Waals surface area contributed by atoms with Crippen molar-refractivity contribution in [2.45, 2.75) is 25.8 Å². The van der Waals surface area contributed by atoms with E-state index in [0.717, 1.165) is 45.4 Å². The molecule has 5 rings (SSSR count). The van der Waals surface area contributed by atoms with Gasteiger partial charge in [-0.1, -0.05) is 12.1 Å². The molecule has 174 valence electrons. The van der Waals surface area contributed by atoms with Crippen LogP contribution >= 0.6 is 0 Å². The average Bonchev–Trinajstić information content (AvgIpc) is 3.31. The molecular weight excluding hydrogens is 416 g/mol. The maximum atomic E-state index is 13.5. The summed E-state index contributed by atoms with van der Waals surface area (Å²) in [4.78, 5) is 37.2. The Balaban J connectivity index is 1.36. The van der Waals surface area contributed by atoms with Crippen LogP contribution in [0.15, 0.2) is 48.8 Å². The highest BCUT2D eigenvalue weighted by atomic mass is 16.5. The molecule has 0 radical (unpaired) electrons. The van der Waals surface area contributed by atoms with Crippen LogP contribution in [0.1, 0.15) is 35.2 Å². The second kappa shape index (κ2) is 8.45. The molecule has 4 heterocycles. The summed E-state index contributed by atoms with van der Waals surface area (Å²) in [5.74, 6) is 1.01. The highest BCUT2D eigenvalue weighted by molar-refractivity contribution is 5.94. The molecule has 0 N–H and O–H groups in total. The number of piperidine rings is 1. The van der Waals surface area contributed by atoms with Crippen LogP contribution in [0, 0.1) is 10.8 Å². The van der Waals surface area contributed by atoms with E-state index in [1.807, 2.05) is 47.3 Å². The molecule has 1 atom stereocenters. The number of carbonyl (C=O) groups is 2. The Morgan fingerprint density at radius 2 is 1.91 bits per heavy atom. The Bertz CT molecular complexity index is 1030. The van der Waals surface area contributed by atoms with Crippen molar-refractivity contribution in [3.05, 3.63) is 59.9 Å². The van der Waals surface area contributed by atoms with Crippen molar-refractivity contribution < 1.29 is 14.3 Å². The van der Waals surface area contributed by atoms with Gasteiger partial charge in [0.05, 0.1) is 12.5 Å². The maximum Gasteiger partial charge on any atom is 0.253 e. The normalized spacial score (nSPS) is 24.7. The summed E-state index contributed by atoms with van der Waals surface area (Å²) < 4.78 is 5.29. The minimum absolute atomic E-state index is 0.0397. The first-order valence-corrected chi connectivity index (χ1v) is 11.8. The molecule has 3 fully saturated rings. The van der Waals surface area contributed by atoms with E-state index >= 15 is 0 Å². The van der Waals surface area contributed by atoms with Gasteiger partial charge in [-0.25, -0.2) is 0 Å². The Kier molecular flexibility index (Phi) is 5.60. The zero-order valence-corrected chi connectivity index (χ0v) is 19.5. The molecule has 2 amide bonds. The van der Waals surface area contributed by atoms with Crippen LogP contribution in [0.3, 0.4) is 0 Å². The Labute approximate surface area is 195 Å². The first-order valence-electron chi connectivity index (χ1n) is 11.8. The second-order valence-electron chi connectivity index (χ2n) is 9.87. The van der Waals surface area contributed by atoms with E-state index in [9.17, 15) is 9.59 Å². The molecule has 3 aliphatic rings. The van der Waals surface area contributed by atoms with Crippen LogP contribution in [0.5, 0.6) is 5.75 Å².